The lowest BCUT2D eigenvalue weighted by atomic mass is 9.83. The van der Waals surface area contributed by atoms with Crippen molar-refractivity contribution in [2.24, 2.45) is 11.8 Å². The highest BCUT2D eigenvalue weighted by atomic mass is 32.1. The highest BCUT2D eigenvalue weighted by Crippen LogP contribution is 2.31. The molecule has 0 atom stereocenters. The van der Waals surface area contributed by atoms with E-state index in [0.29, 0.717) is 41.7 Å². The fourth-order valence-electron chi connectivity index (χ4n) is 4.43. The zero-order chi connectivity index (χ0) is 27.6. The van der Waals surface area contributed by atoms with Crippen LogP contribution >= 0.6 is 0 Å². The Morgan fingerprint density at radius 1 is 1.27 bits per heavy atom. The van der Waals surface area contributed by atoms with Crippen LogP contribution in [0.4, 0.5) is 13.2 Å². The molecule has 0 spiro atoms. The number of benzene rings is 1. The monoisotopic (exact) mass is 540 g/mol. The van der Waals surface area contributed by atoms with Crippen molar-refractivity contribution in [3.8, 4) is 17.5 Å². The van der Waals surface area contributed by atoms with Crippen LogP contribution in [-0.4, -0.2) is 43.7 Å². The lowest BCUT2D eigenvalue weighted by Crippen LogP contribution is -2.31. The number of alkyl halides is 3. The maximum Gasteiger partial charge on any atom is 0.389 e. The molecule has 1 amide bonds. The van der Waals surface area contributed by atoms with Crippen LogP contribution in [0.5, 0.6) is 5.75 Å². The SMILES string of the molecule is CCc1nc(C(=O)NCC2CCC(C)CC2)c(C#N)n1-c1ccc(CCC(F)(F)F)cc1OC.O=S=O. The first-order valence-corrected chi connectivity index (χ1v) is 12.7. The van der Waals surface area contributed by atoms with Crippen molar-refractivity contribution in [2.75, 3.05) is 13.7 Å². The molecule has 8 nitrogen and oxygen atoms in total. The number of aryl methyl sites for hydroxylation is 2. The van der Waals surface area contributed by atoms with Gasteiger partial charge in [-0.3, -0.25) is 9.36 Å². The average molecular weight is 541 g/mol. The Hall–Kier alpha value is -3.20. The third-order valence-corrected chi connectivity index (χ3v) is 6.45. The molecule has 1 aromatic carbocycles. The van der Waals surface area contributed by atoms with Gasteiger partial charge in [0.1, 0.15) is 17.6 Å². The summed E-state index contributed by atoms with van der Waals surface area (Å²) < 4.78 is 61.5. The molecule has 0 aliphatic heterocycles. The van der Waals surface area contributed by atoms with E-state index in [1.54, 1.807) is 16.7 Å². The summed E-state index contributed by atoms with van der Waals surface area (Å²) in [5, 5.41) is 12.8. The molecule has 1 heterocycles. The van der Waals surface area contributed by atoms with Crippen molar-refractivity contribution in [1.82, 2.24) is 14.9 Å². The highest BCUT2D eigenvalue weighted by Gasteiger charge is 2.28. The third-order valence-electron chi connectivity index (χ3n) is 6.45. The first-order chi connectivity index (χ1) is 17.6. The number of ether oxygens (including phenoxy) is 1. The van der Waals surface area contributed by atoms with Gasteiger partial charge in [0.05, 0.1) is 12.8 Å². The molecule has 0 radical (unpaired) electrons. The van der Waals surface area contributed by atoms with Crippen LogP contribution in [0, 0.1) is 23.2 Å². The smallest absolute Gasteiger partial charge is 0.389 e. The van der Waals surface area contributed by atoms with E-state index in [9.17, 15) is 23.2 Å². The van der Waals surface area contributed by atoms with Crippen LogP contribution in [0.1, 0.15) is 73.5 Å². The number of halogens is 3. The predicted octanol–water partition coefficient (Wildman–Crippen LogP) is 4.70. The average Bonchev–Trinajstić information content (AvgIpc) is 3.25. The molecule has 0 saturated heterocycles. The standard InChI is InChI=1S/C25H31F3N4O2.O2S/c1-4-22-31-23(24(33)30-15-18-7-5-16(2)6-8-18)20(14-29)32(22)19-10-9-17(13-21(19)34-3)11-12-25(26,27)28;1-3-2/h9-10,13,16,18H,4-8,11-12,15H2,1-3H3,(H,30,33);. The Kier molecular flexibility index (Phi) is 11.3. The normalized spacial score (nSPS) is 17.2. The zero-order valence-corrected chi connectivity index (χ0v) is 21.9. The summed E-state index contributed by atoms with van der Waals surface area (Å²) >= 11 is -0.750. The number of hydrogen-bond acceptors (Lipinski definition) is 6. The Bertz CT molecular complexity index is 1150. The first-order valence-electron chi connectivity index (χ1n) is 12.0. The largest absolute Gasteiger partial charge is 0.495 e. The number of nitriles is 1. The summed E-state index contributed by atoms with van der Waals surface area (Å²) in [6, 6.07) is 6.81. The predicted molar refractivity (Wildman–Crippen MR) is 131 cm³/mol. The van der Waals surface area contributed by atoms with Crippen molar-refractivity contribution in [3.05, 3.63) is 41.0 Å². The Balaban J connectivity index is 0.00000153. The highest BCUT2D eigenvalue weighted by molar-refractivity contribution is 7.51. The molecule has 202 valence electrons. The molecule has 0 bridgehead atoms. The van der Waals surface area contributed by atoms with Gasteiger partial charge in [0, 0.05) is 19.4 Å². The maximum atomic E-state index is 13.0. The van der Waals surface area contributed by atoms with E-state index in [1.807, 2.05) is 6.92 Å². The van der Waals surface area contributed by atoms with Gasteiger partial charge < -0.3 is 10.1 Å². The number of nitrogens with zero attached hydrogens (tertiary/aromatic N) is 3. The Labute approximate surface area is 217 Å². The minimum absolute atomic E-state index is 0.0479. The second-order valence-electron chi connectivity index (χ2n) is 9.05. The molecule has 1 aliphatic carbocycles. The quantitative estimate of drug-likeness (QED) is 0.519. The minimum Gasteiger partial charge on any atom is -0.495 e. The lowest BCUT2D eigenvalue weighted by Gasteiger charge is -2.26. The molecule has 3 rings (SSSR count). The molecule has 2 aromatic rings. The summed E-state index contributed by atoms with van der Waals surface area (Å²) in [5.74, 6) is 1.54. The Morgan fingerprint density at radius 3 is 2.46 bits per heavy atom. The van der Waals surface area contributed by atoms with Crippen LogP contribution in [0.2, 0.25) is 0 Å². The lowest BCUT2D eigenvalue weighted by molar-refractivity contribution is -0.134. The number of rotatable bonds is 8. The molecule has 1 fully saturated rings. The Morgan fingerprint density at radius 2 is 1.92 bits per heavy atom. The molecule has 12 heteroatoms. The third kappa shape index (κ3) is 8.42. The van der Waals surface area contributed by atoms with Crippen molar-refractivity contribution in [1.29, 1.82) is 5.26 Å². The van der Waals surface area contributed by atoms with E-state index in [4.69, 9.17) is 13.2 Å². The fourth-order valence-corrected chi connectivity index (χ4v) is 4.43. The number of hydrogen-bond donors (Lipinski definition) is 1. The maximum absolute atomic E-state index is 13.0. The van der Waals surface area contributed by atoms with Crippen molar-refractivity contribution in [3.63, 3.8) is 0 Å². The van der Waals surface area contributed by atoms with Crippen molar-refractivity contribution in [2.45, 2.75) is 65.0 Å². The number of imidazole rings is 1. The number of carbonyl (C=O) groups is 1. The van der Waals surface area contributed by atoms with Crippen molar-refractivity contribution < 1.29 is 31.1 Å². The van der Waals surface area contributed by atoms with Crippen LogP contribution in [0.25, 0.3) is 5.69 Å². The molecule has 37 heavy (non-hydrogen) atoms. The summed E-state index contributed by atoms with van der Waals surface area (Å²) in [6.45, 7) is 4.64. The fraction of sp³-hybridized carbons (Fsp3) is 0.560. The molecule has 1 aromatic heterocycles. The molecule has 0 unspecified atom stereocenters. The zero-order valence-electron chi connectivity index (χ0n) is 21.1. The van der Waals surface area contributed by atoms with Crippen LogP contribution in [0.3, 0.4) is 0 Å². The molecular weight excluding hydrogens is 509 g/mol. The van der Waals surface area contributed by atoms with Crippen LogP contribution in [-0.2, 0) is 24.4 Å². The van der Waals surface area contributed by atoms with E-state index in [1.165, 1.54) is 13.2 Å². The van der Waals surface area contributed by atoms with Crippen LogP contribution in [0.15, 0.2) is 18.2 Å². The second kappa shape index (κ2) is 13.9. The summed E-state index contributed by atoms with van der Waals surface area (Å²) in [5.41, 5.74) is 1.05. The number of nitrogens with one attached hydrogen (secondary N) is 1. The minimum atomic E-state index is -4.25. The summed E-state index contributed by atoms with van der Waals surface area (Å²) in [4.78, 5) is 17.4. The number of carbonyl (C=O) groups excluding carboxylic acids is 1. The number of methoxy groups -OCH3 is 1. The van der Waals surface area contributed by atoms with Crippen molar-refractivity contribution >= 4 is 17.5 Å². The van der Waals surface area contributed by atoms with Gasteiger partial charge >= 0.3 is 17.7 Å². The van der Waals surface area contributed by atoms with E-state index in [2.05, 4.69) is 23.3 Å². The second-order valence-corrected chi connectivity index (χ2v) is 9.19. The van der Waals surface area contributed by atoms with Gasteiger partial charge in [-0.05, 0) is 48.8 Å². The molecular formula is C25H31F3N4O4S. The van der Waals surface area contributed by atoms with Gasteiger partial charge in [0.25, 0.3) is 5.91 Å². The van der Waals surface area contributed by atoms with E-state index < -0.39 is 30.1 Å². The van der Waals surface area contributed by atoms with Gasteiger partial charge in [-0.2, -0.15) is 26.9 Å². The van der Waals surface area contributed by atoms with Gasteiger partial charge in [-0.1, -0.05) is 32.8 Å². The van der Waals surface area contributed by atoms with E-state index in [0.717, 1.165) is 31.6 Å². The molecule has 1 N–H and O–H groups in total. The van der Waals surface area contributed by atoms with Gasteiger partial charge in [-0.25, -0.2) is 4.98 Å². The van der Waals surface area contributed by atoms with Gasteiger partial charge in [0.15, 0.2) is 11.4 Å². The van der Waals surface area contributed by atoms with Gasteiger partial charge in [-0.15, -0.1) is 0 Å². The number of aromatic nitrogens is 2. The number of amides is 1. The van der Waals surface area contributed by atoms with E-state index >= 15 is 0 Å². The van der Waals surface area contributed by atoms with E-state index in [-0.39, 0.29) is 17.8 Å². The first kappa shape index (κ1) is 30.0. The van der Waals surface area contributed by atoms with Gasteiger partial charge in [0.2, 0.25) is 0 Å². The summed E-state index contributed by atoms with van der Waals surface area (Å²) in [7, 11) is 1.42. The topological polar surface area (TPSA) is 114 Å². The molecule has 1 aliphatic rings. The molecule has 1 saturated carbocycles. The summed E-state index contributed by atoms with van der Waals surface area (Å²) in [6.07, 6.45) is -0.482. The van der Waals surface area contributed by atoms with Crippen LogP contribution < -0.4 is 10.1 Å².